The van der Waals surface area contributed by atoms with Crippen molar-refractivity contribution in [2.45, 2.75) is 26.7 Å². The van der Waals surface area contributed by atoms with Crippen LogP contribution in [0, 0.1) is 6.92 Å². The SMILES string of the molecule is CCCCN1C(=O)C(=c2sc3nc(=O)c(C)nn3c2=O)c2cc(Br)ccc21. The number of unbranched alkanes of at least 4 members (excludes halogenated alkanes) is 1. The van der Waals surface area contributed by atoms with Gasteiger partial charge in [-0.1, -0.05) is 40.6 Å². The van der Waals surface area contributed by atoms with Crippen molar-refractivity contribution in [2.75, 3.05) is 11.4 Å². The van der Waals surface area contributed by atoms with E-state index in [0.29, 0.717) is 17.7 Å². The molecule has 0 aliphatic carbocycles. The molecule has 0 unspecified atom stereocenters. The van der Waals surface area contributed by atoms with Gasteiger partial charge in [0.05, 0.1) is 11.3 Å². The Hall–Kier alpha value is -2.39. The van der Waals surface area contributed by atoms with Gasteiger partial charge in [0.15, 0.2) is 0 Å². The van der Waals surface area contributed by atoms with Crippen molar-refractivity contribution in [3.05, 3.63) is 59.2 Å². The highest BCUT2D eigenvalue weighted by Crippen LogP contribution is 2.37. The molecule has 0 N–H and O–H groups in total. The van der Waals surface area contributed by atoms with Crippen molar-refractivity contribution in [1.82, 2.24) is 14.6 Å². The summed E-state index contributed by atoms with van der Waals surface area (Å²) in [5.74, 6) is -0.208. The van der Waals surface area contributed by atoms with E-state index in [0.717, 1.165) is 38.9 Å². The number of halogens is 1. The molecule has 0 fully saturated rings. The zero-order valence-corrected chi connectivity index (χ0v) is 17.1. The Labute approximate surface area is 166 Å². The molecule has 3 aromatic rings. The fourth-order valence-corrected chi connectivity index (χ4v) is 4.45. The van der Waals surface area contributed by atoms with Gasteiger partial charge in [0.2, 0.25) is 4.96 Å². The van der Waals surface area contributed by atoms with Crippen LogP contribution in [0.15, 0.2) is 32.3 Å². The van der Waals surface area contributed by atoms with Crippen LogP contribution >= 0.6 is 27.3 Å². The number of nitrogens with zero attached hydrogens (tertiary/aromatic N) is 4. The van der Waals surface area contributed by atoms with Crippen molar-refractivity contribution in [1.29, 1.82) is 0 Å². The van der Waals surface area contributed by atoms with Crippen LogP contribution < -0.4 is 20.6 Å². The van der Waals surface area contributed by atoms with Crippen molar-refractivity contribution in [3.8, 4) is 0 Å². The summed E-state index contributed by atoms with van der Waals surface area (Å²) in [4.78, 5) is 43.7. The number of hydrogen-bond acceptors (Lipinski definition) is 6. The highest BCUT2D eigenvalue weighted by molar-refractivity contribution is 9.10. The Morgan fingerprint density at radius 2 is 2.00 bits per heavy atom. The molecule has 4 rings (SSSR count). The lowest BCUT2D eigenvalue weighted by molar-refractivity contribution is -0.113. The minimum atomic E-state index is -0.474. The van der Waals surface area contributed by atoms with E-state index in [1.165, 1.54) is 6.92 Å². The van der Waals surface area contributed by atoms with Gasteiger partial charge in [0.1, 0.15) is 10.2 Å². The molecular weight excluding hydrogens is 432 g/mol. The first-order valence-corrected chi connectivity index (χ1v) is 10.1. The molecule has 1 aliphatic rings. The van der Waals surface area contributed by atoms with E-state index in [9.17, 15) is 14.4 Å². The minimum absolute atomic E-state index is 0.143. The molecule has 0 saturated carbocycles. The molecule has 7 nitrogen and oxygen atoms in total. The second-order valence-electron chi connectivity index (χ2n) is 6.28. The first kappa shape index (κ1) is 18.0. The molecule has 0 saturated heterocycles. The summed E-state index contributed by atoms with van der Waals surface area (Å²) >= 11 is 4.46. The zero-order chi connectivity index (χ0) is 19.3. The van der Waals surface area contributed by atoms with Crippen LogP contribution in [0.3, 0.4) is 0 Å². The van der Waals surface area contributed by atoms with Gasteiger partial charge in [0.25, 0.3) is 17.0 Å². The summed E-state index contributed by atoms with van der Waals surface area (Å²) in [5, 5.41) is 4.03. The van der Waals surface area contributed by atoms with Gasteiger partial charge in [-0.05, 0) is 31.5 Å². The third kappa shape index (κ3) is 2.81. The van der Waals surface area contributed by atoms with Gasteiger partial charge in [-0.25, -0.2) is 0 Å². The standard InChI is InChI=1S/C18H15BrN4O3S/c1-3-4-7-22-12-6-5-10(19)8-11(12)13(16(22)25)14-17(26)23-18(27-14)20-15(24)9(2)21-23/h5-6,8H,3-4,7H2,1-2H3. The van der Waals surface area contributed by atoms with Gasteiger partial charge in [0, 0.05) is 16.6 Å². The molecule has 1 aromatic carbocycles. The lowest BCUT2D eigenvalue weighted by atomic mass is 10.1. The smallest absolute Gasteiger partial charge is 0.295 e. The number of fused-ring (bicyclic) bond motifs is 2. The number of aromatic nitrogens is 3. The highest BCUT2D eigenvalue weighted by atomic mass is 79.9. The number of carbonyl (C=O) groups is 1. The normalized spacial score (nSPS) is 15.7. The van der Waals surface area contributed by atoms with Crippen LogP contribution in [-0.4, -0.2) is 27.0 Å². The van der Waals surface area contributed by atoms with Crippen LogP contribution in [0.5, 0.6) is 0 Å². The number of thiazole rings is 1. The van der Waals surface area contributed by atoms with E-state index < -0.39 is 11.1 Å². The molecule has 27 heavy (non-hydrogen) atoms. The molecule has 0 bridgehead atoms. The van der Waals surface area contributed by atoms with Crippen molar-refractivity contribution < 1.29 is 4.79 Å². The van der Waals surface area contributed by atoms with Gasteiger partial charge in [-0.2, -0.15) is 14.6 Å². The Bertz CT molecular complexity index is 1260. The minimum Gasteiger partial charge on any atom is -0.308 e. The first-order chi connectivity index (χ1) is 12.9. The average molecular weight is 447 g/mol. The third-order valence-electron chi connectivity index (χ3n) is 4.46. The number of benzene rings is 1. The van der Waals surface area contributed by atoms with Gasteiger partial charge < -0.3 is 4.90 Å². The summed E-state index contributed by atoms with van der Waals surface area (Å²) in [7, 11) is 0. The van der Waals surface area contributed by atoms with Crippen molar-refractivity contribution in [3.63, 3.8) is 0 Å². The lowest BCUT2D eigenvalue weighted by Gasteiger charge is -2.16. The third-order valence-corrected chi connectivity index (χ3v) is 5.98. The molecule has 2 aromatic heterocycles. The molecule has 1 aliphatic heterocycles. The average Bonchev–Trinajstić information content (AvgIpc) is 3.07. The van der Waals surface area contributed by atoms with Crippen LogP contribution in [0.1, 0.15) is 31.0 Å². The second-order valence-corrected chi connectivity index (χ2v) is 8.17. The van der Waals surface area contributed by atoms with E-state index in [-0.39, 0.29) is 21.1 Å². The Balaban J connectivity index is 2.07. The molecule has 0 radical (unpaired) electrons. The maximum Gasteiger partial charge on any atom is 0.295 e. The quantitative estimate of drug-likeness (QED) is 0.610. The van der Waals surface area contributed by atoms with Crippen LogP contribution in [0.25, 0.3) is 10.5 Å². The van der Waals surface area contributed by atoms with E-state index in [1.807, 2.05) is 18.2 Å². The number of anilines is 1. The number of hydrogen-bond donors (Lipinski definition) is 0. The highest BCUT2D eigenvalue weighted by Gasteiger charge is 2.34. The molecule has 1 amide bonds. The molecule has 3 heterocycles. The largest absolute Gasteiger partial charge is 0.308 e. The number of carbonyl (C=O) groups excluding carboxylic acids is 1. The predicted molar refractivity (Wildman–Crippen MR) is 107 cm³/mol. The van der Waals surface area contributed by atoms with E-state index >= 15 is 0 Å². The van der Waals surface area contributed by atoms with Gasteiger partial charge in [-0.15, -0.1) is 0 Å². The number of rotatable bonds is 3. The maximum absolute atomic E-state index is 13.2. The molecule has 0 spiro atoms. The fraction of sp³-hybridized carbons (Fsp3) is 0.278. The topological polar surface area (TPSA) is 84.6 Å². The zero-order valence-electron chi connectivity index (χ0n) is 14.7. The molecular formula is C18H15BrN4O3S. The summed E-state index contributed by atoms with van der Waals surface area (Å²) in [6.07, 6.45) is 1.82. The Morgan fingerprint density at radius 3 is 2.74 bits per heavy atom. The summed E-state index contributed by atoms with van der Waals surface area (Å²) in [5.41, 5.74) is 1.07. The first-order valence-electron chi connectivity index (χ1n) is 8.49. The van der Waals surface area contributed by atoms with E-state index in [2.05, 4.69) is 32.9 Å². The monoisotopic (exact) mass is 446 g/mol. The van der Waals surface area contributed by atoms with Crippen molar-refractivity contribution in [2.24, 2.45) is 0 Å². The predicted octanol–water partition coefficient (Wildman–Crippen LogP) is 1.65. The van der Waals surface area contributed by atoms with Crippen LogP contribution in [0.2, 0.25) is 0 Å². The molecule has 138 valence electrons. The Morgan fingerprint density at radius 1 is 1.22 bits per heavy atom. The molecule has 9 heteroatoms. The maximum atomic E-state index is 13.2. The summed E-state index contributed by atoms with van der Waals surface area (Å²) in [6.45, 7) is 4.15. The number of amides is 1. The fourth-order valence-electron chi connectivity index (χ4n) is 3.10. The van der Waals surface area contributed by atoms with Crippen LogP contribution in [0.4, 0.5) is 5.69 Å². The molecule has 0 atom stereocenters. The number of aryl methyl sites for hydroxylation is 1. The van der Waals surface area contributed by atoms with Gasteiger partial charge >= 0.3 is 0 Å². The van der Waals surface area contributed by atoms with E-state index in [4.69, 9.17) is 0 Å². The van der Waals surface area contributed by atoms with Gasteiger partial charge in [-0.3, -0.25) is 14.4 Å². The summed E-state index contributed by atoms with van der Waals surface area (Å²) in [6, 6.07) is 5.59. The second kappa shape index (κ2) is 6.65. The lowest BCUT2D eigenvalue weighted by Crippen LogP contribution is -2.33. The van der Waals surface area contributed by atoms with Crippen LogP contribution in [-0.2, 0) is 4.79 Å². The summed E-state index contributed by atoms with van der Waals surface area (Å²) < 4.78 is 2.17. The Kier molecular flexibility index (Phi) is 4.43. The van der Waals surface area contributed by atoms with Crippen molar-refractivity contribution >= 4 is 49.4 Å². The van der Waals surface area contributed by atoms with E-state index in [1.54, 1.807) is 4.90 Å².